The molecule has 0 saturated heterocycles. The molecule has 1 N–H and O–H groups in total. The third-order valence-corrected chi connectivity index (χ3v) is 4.39. The van der Waals surface area contributed by atoms with Crippen LogP contribution in [0.1, 0.15) is 27.4 Å². The van der Waals surface area contributed by atoms with Crippen molar-refractivity contribution in [2.75, 3.05) is 0 Å². The molecule has 0 atom stereocenters. The van der Waals surface area contributed by atoms with Crippen molar-refractivity contribution in [1.82, 2.24) is 25.0 Å². The summed E-state index contributed by atoms with van der Waals surface area (Å²) in [6, 6.07) is 15.3. The van der Waals surface area contributed by atoms with Gasteiger partial charge in [0.15, 0.2) is 0 Å². The largest absolute Gasteiger partial charge is 0.343 e. The number of benzene rings is 2. The van der Waals surface area contributed by atoms with E-state index in [2.05, 4.69) is 20.4 Å². The molecule has 7 nitrogen and oxygen atoms in total. The van der Waals surface area contributed by atoms with E-state index < -0.39 is 0 Å². The maximum atomic E-state index is 12.4. The van der Waals surface area contributed by atoms with Crippen LogP contribution >= 0.6 is 0 Å². The van der Waals surface area contributed by atoms with Gasteiger partial charge in [0.2, 0.25) is 11.7 Å². The molecule has 0 aliphatic carbocycles. The van der Waals surface area contributed by atoms with Crippen molar-refractivity contribution in [3.05, 3.63) is 89.8 Å². The molecule has 0 spiro atoms. The van der Waals surface area contributed by atoms with E-state index in [0.29, 0.717) is 23.8 Å². The van der Waals surface area contributed by atoms with Crippen LogP contribution in [0.4, 0.5) is 0 Å². The van der Waals surface area contributed by atoms with Crippen molar-refractivity contribution >= 4 is 5.91 Å². The molecule has 1 amide bonds. The van der Waals surface area contributed by atoms with Crippen LogP contribution in [0.15, 0.2) is 71.8 Å². The van der Waals surface area contributed by atoms with Crippen molar-refractivity contribution in [3.63, 3.8) is 0 Å². The number of hydrogen-bond acceptors (Lipinski definition) is 5. The first kappa shape index (κ1) is 17.7. The van der Waals surface area contributed by atoms with Gasteiger partial charge in [0, 0.05) is 30.1 Å². The Balaban J connectivity index is 1.36. The zero-order chi connectivity index (χ0) is 19.3. The molecule has 0 radical (unpaired) electrons. The van der Waals surface area contributed by atoms with Crippen LogP contribution < -0.4 is 5.32 Å². The Morgan fingerprint density at radius 1 is 1.14 bits per heavy atom. The van der Waals surface area contributed by atoms with Gasteiger partial charge in [-0.3, -0.25) is 4.79 Å². The first-order chi connectivity index (χ1) is 13.7. The Hall–Kier alpha value is -3.74. The molecule has 140 valence electrons. The van der Waals surface area contributed by atoms with Crippen molar-refractivity contribution in [3.8, 4) is 11.4 Å². The molecule has 0 aliphatic rings. The number of nitrogens with one attached hydrogen (secondary N) is 1. The Bertz CT molecular complexity index is 1070. The molecule has 2 heterocycles. The molecule has 0 unspecified atom stereocenters. The molecule has 2 aromatic carbocycles. The van der Waals surface area contributed by atoms with Crippen molar-refractivity contribution in [2.24, 2.45) is 0 Å². The number of aromatic nitrogens is 4. The first-order valence-corrected chi connectivity index (χ1v) is 8.90. The molecule has 7 heteroatoms. The SMILES string of the molecule is Cc1ccccc1-c1noc(CNC(=O)c2ccc(Cn3ccnc3)cc2)n1. The van der Waals surface area contributed by atoms with Gasteiger partial charge < -0.3 is 14.4 Å². The fraction of sp³-hybridized carbons (Fsp3) is 0.143. The highest BCUT2D eigenvalue weighted by Gasteiger charge is 2.12. The number of carbonyl (C=O) groups excluding carboxylic acids is 1. The van der Waals surface area contributed by atoms with E-state index in [0.717, 1.165) is 16.7 Å². The third kappa shape index (κ3) is 3.98. The van der Waals surface area contributed by atoms with E-state index in [1.165, 1.54) is 0 Å². The average molecular weight is 373 g/mol. The lowest BCUT2D eigenvalue weighted by atomic mass is 10.1. The molecule has 0 bridgehead atoms. The van der Waals surface area contributed by atoms with Crippen LogP contribution in [0.2, 0.25) is 0 Å². The predicted octanol–water partition coefficient (Wildman–Crippen LogP) is 3.22. The maximum absolute atomic E-state index is 12.4. The Morgan fingerprint density at radius 3 is 2.71 bits per heavy atom. The van der Waals surface area contributed by atoms with E-state index in [1.54, 1.807) is 24.7 Å². The van der Waals surface area contributed by atoms with Crippen LogP contribution in [-0.2, 0) is 13.1 Å². The highest BCUT2D eigenvalue weighted by molar-refractivity contribution is 5.94. The van der Waals surface area contributed by atoms with Gasteiger partial charge in [-0.15, -0.1) is 0 Å². The minimum absolute atomic E-state index is 0.175. The summed E-state index contributed by atoms with van der Waals surface area (Å²) in [5.41, 5.74) is 3.65. The van der Waals surface area contributed by atoms with E-state index in [-0.39, 0.29) is 12.5 Å². The van der Waals surface area contributed by atoms with E-state index in [9.17, 15) is 4.79 Å². The molecule has 4 aromatic rings. The second-order valence-electron chi connectivity index (χ2n) is 6.44. The number of aryl methyl sites for hydroxylation is 1. The molecular weight excluding hydrogens is 354 g/mol. The summed E-state index contributed by atoms with van der Waals surface area (Å²) in [6.07, 6.45) is 5.40. The third-order valence-electron chi connectivity index (χ3n) is 4.39. The van der Waals surface area contributed by atoms with Gasteiger partial charge in [-0.25, -0.2) is 4.98 Å². The van der Waals surface area contributed by atoms with E-state index >= 15 is 0 Å². The topological polar surface area (TPSA) is 85.8 Å². The Labute approximate surface area is 162 Å². The zero-order valence-electron chi connectivity index (χ0n) is 15.4. The summed E-state index contributed by atoms with van der Waals surface area (Å²) in [6.45, 7) is 2.88. The molecule has 28 heavy (non-hydrogen) atoms. The lowest BCUT2D eigenvalue weighted by Crippen LogP contribution is -2.22. The summed E-state index contributed by atoms with van der Waals surface area (Å²) < 4.78 is 7.22. The quantitative estimate of drug-likeness (QED) is 0.561. The van der Waals surface area contributed by atoms with Crippen LogP contribution in [0, 0.1) is 6.92 Å². The summed E-state index contributed by atoms with van der Waals surface area (Å²) in [5, 5.41) is 6.81. The molecule has 0 fully saturated rings. The van der Waals surface area contributed by atoms with Crippen LogP contribution in [0.25, 0.3) is 11.4 Å². The van der Waals surface area contributed by atoms with Crippen LogP contribution in [-0.4, -0.2) is 25.6 Å². The van der Waals surface area contributed by atoms with E-state index in [1.807, 2.05) is 54.1 Å². The van der Waals surface area contributed by atoms with Crippen LogP contribution in [0.5, 0.6) is 0 Å². The Morgan fingerprint density at radius 2 is 1.96 bits per heavy atom. The molecule has 0 saturated carbocycles. The van der Waals surface area contributed by atoms with E-state index in [4.69, 9.17) is 4.52 Å². The monoisotopic (exact) mass is 373 g/mol. The lowest BCUT2D eigenvalue weighted by Gasteiger charge is -2.05. The number of hydrogen-bond donors (Lipinski definition) is 1. The number of rotatable bonds is 6. The fourth-order valence-electron chi connectivity index (χ4n) is 2.87. The zero-order valence-corrected chi connectivity index (χ0v) is 15.4. The summed E-state index contributed by atoms with van der Waals surface area (Å²) in [4.78, 5) is 20.7. The predicted molar refractivity (Wildman–Crippen MR) is 103 cm³/mol. The highest BCUT2D eigenvalue weighted by atomic mass is 16.5. The standard InChI is InChI=1S/C21H19N5O2/c1-15-4-2-3-5-18(15)20-24-19(28-25-20)12-23-21(27)17-8-6-16(7-9-17)13-26-11-10-22-14-26/h2-11,14H,12-13H2,1H3,(H,23,27). The summed E-state index contributed by atoms with van der Waals surface area (Å²) in [7, 11) is 0. The second-order valence-corrected chi connectivity index (χ2v) is 6.44. The fourth-order valence-corrected chi connectivity index (χ4v) is 2.87. The molecule has 0 aliphatic heterocycles. The van der Waals surface area contributed by atoms with Gasteiger partial charge in [-0.05, 0) is 30.2 Å². The second kappa shape index (κ2) is 7.87. The minimum Gasteiger partial charge on any atom is -0.343 e. The number of nitrogens with zero attached hydrogens (tertiary/aromatic N) is 4. The van der Waals surface area contributed by atoms with Gasteiger partial charge in [0.1, 0.15) is 0 Å². The smallest absolute Gasteiger partial charge is 0.251 e. The highest BCUT2D eigenvalue weighted by Crippen LogP contribution is 2.19. The lowest BCUT2D eigenvalue weighted by molar-refractivity contribution is 0.0946. The molecule has 4 rings (SSSR count). The van der Waals surface area contributed by atoms with Gasteiger partial charge in [-0.2, -0.15) is 4.98 Å². The van der Waals surface area contributed by atoms with Crippen molar-refractivity contribution in [2.45, 2.75) is 20.0 Å². The number of amides is 1. The van der Waals surface area contributed by atoms with Gasteiger partial charge in [-0.1, -0.05) is 41.6 Å². The first-order valence-electron chi connectivity index (χ1n) is 8.90. The Kier molecular flexibility index (Phi) is 4.97. The van der Waals surface area contributed by atoms with Gasteiger partial charge >= 0.3 is 0 Å². The summed E-state index contributed by atoms with van der Waals surface area (Å²) >= 11 is 0. The maximum Gasteiger partial charge on any atom is 0.251 e. The van der Waals surface area contributed by atoms with Crippen molar-refractivity contribution < 1.29 is 9.32 Å². The average Bonchev–Trinajstić information content (AvgIpc) is 3.39. The summed E-state index contributed by atoms with van der Waals surface area (Å²) in [5.74, 6) is 0.694. The molecule has 2 aromatic heterocycles. The van der Waals surface area contributed by atoms with Crippen molar-refractivity contribution in [1.29, 1.82) is 0 Å². The molecular formula is C21H19N5O2. The normalized spacial score (nSPS) is 10.8. The number of carbonyl (C=O) groups is 1. The van der Waals surface area contributed by atoms with Gasteiger partial charge in [0.25, 0.3) is 5.91 Å². The number of imidazole rings is 1. The van der Waals surface area contributed by atoms with Crippen LogP contribution in [0.3, 0.4) is 0 Å². The minimum atomic E-state index is -0.190. The van der Waals surface area contributed by atoms with Gasteiger partial charge in [0.05, 0.1) is 12.9 Å².